The summed E-state index contributed by atoms with van der Waals surface area (Å²) in [4.78, 5) is 4.08. The molecule has 0 fully saturated rings. The standard InChI is InChI=1S/C23H18N2/c1-15-6-5-7-16(2)22(15)17-10-11-21-20(14-17)18-8-3-4-9-19(18)23-24-12-13-25(21)23/h3-14H,1-2H3/i3D,4D,5D,6D,7D,8D,10D,11D,12D,13D,14D. The van der Waals surface area contributed by atoms with Crippen molar-refractivity contribution in [3.05, 3.63) is 83.9 Å². The van der Waals surface area contributed by atoms with Gasteiger partial charge in [-0.05, 0) is 53.6 Å². The van der Waals surface area contributed by atoms with E-state index in [-0.39, 0.29) is 85.8 Å². The topological polar surface area (TPSA) is 17.3 Å². The van der Waals surface area contributed by atoms with Gasteiger partial charge in [-0.1, -0.05) is 48.4 Å². The Morgan fingerprint density at radius 1 is 0.880 bits per heavy atom. The van der Waals surface area contributed by atoms with Gasteiger partial charge in [0.2, 0.25) is 0 Å². The van der Waals surface area contributed by atoms with Gasteiger partial charge in [0.15, 0.2) is 0 Å². The molecule has 120 valence electrons. The number of imidazole rings is 1. The van der Waals surface area contributed by atoms with Crippen LogP contribution in [0.25, 0.3) is 38.4 Å². The van der Waals surface area contributed by atoms with Gasteiger partial charge >= 0.3 is 0 Å². The van der Waals surface area contributed by atoms with Crippen LogP contribution in [0.3, 0.4) is 0 Å². The normalized spacial score (nSPS) is 17.8. The third kappa shape index (κ3) is 2.01. The zero-order valence-electron chi connectivity index (χ0n) is 24.5. The molecule has 3 aromatic carbocycles. The van der Waals surface area contributed by atoms with Crippen molar-refractivity contribution in [2.75, 3.05) is 0 Å². The minimum atomic E-state index is -0.422. The van der Waals surface area contributed by atoms with E-state index in [9.17, 15) is 0 Å². The van der Waals surface area contributed by atoms with Crippen LogP contribution in [0.1, 0.15) is 26.2 Å². The molecule has 0 unspecified atom stereocenters. The molecule has 0 aliphatic carbocycles. The van der Waals surface area contributed by atoms with Crippen molar-refractivity contribution in [2.24, 2.45) is 0 Å². The first kappa shape index (κ1) is 7.01. The first-order valence-corrected chi connectivity index (χ1v) is 7.70. The predicted molar refractivity (Wildman–Crippen MR) is 105 cm³/mol. The number of pyridine rings is 1. The van der Waals surface area contributed by atoms with Crippen LogP contribution in [0.4, 0.5) is 0 Å². The van der Waals surface area contributed by atoms with Crippen molar-refractivity contribution < 1.29 is 15.1 Å². The van der Waals surface area contributed by atoms with Gasteiger partial charge < -0.3 is 0 Å². The minimum absolute atomic E-state index is 0.0161. The number of hydrogen-bond donors (Lipinski definition) is 0. The number of benzene rings is 3. The van der Waals surface area contributed by atoms with Gasteiger partial charge in [0.05, 0.1) is 20.6 Å². The van der Waals surface area contributed by atoms with Gasteiger partial charge in [0, 0.05) is 23.1 Å². The van der Waals surface area contributed by atoms with E-state index < -0.39 is 30.5 Å². The summed E-state index contributed by atoms with van der Waals surface area (Å²) in [5.41, 5.74) is 0.580. The molecule has 0 aliphatic rings. The summed E-state index contributed by atoms with van der Waals surface area (Å²) in [6, 6.07) is -1.70. The maximum Gasteiger partial charge on any atom is 0.145 e. The van der Waals surface area contributed by atoms with Gasteiger partial charge in [0.25, 0.3) is 0 Å². The van der Waals surface area contributed by atoms with Crippen molar-refractivity contribution in [2.45, 2.75) is 13.8 Å². The summed E-state index contributed by atoms with van der Waals surface area (Å²) in [7, 11) is 0. The molecule has 0 bridgehead atoms. The highest BCUT2D eigenvalue weighted by atomic mass is 15.0. The Morgan fingerprint density at radius 3 is 2.56 bits per heavy atom. The van der Waals surface area contributed by atoms with Crippen molar-refractivity contribution in [1.29, 1.82) is 0 Å². The fraction of sp³-hybridized carbons (Fsp3) is 0.0870. The van der Waals surface area contributed by atoms with E-state index in [1.165, 1.54) is 6.07 Å². The first-order valence-electron chi connectivity index (χ1n) is 13.2. The Balaban J connectivity index is 2.17. The average Bonchev–Trinajstić information content (AvgIpc) is 3.14. The van der Waals surface area contributed by atoms with Gasteiger partial charge in [-0.25, -0.2) is 4.98 Å². The van der Waals surface area contributed by atoms with E-state index in [2.05, 4.69) is 4.98 Å². The summed E-state index contributed by atoms with van der Waals surface area (Å²) in [5, 5.41) is 0.173. The molecule has 2 heteroatoms. The summed E-state index contributed by atoms with van der Waals surface area (Å²) < 4.78 is 93.9. The zero-order valence-corrected chi connectivity index (χ0v) is 13.5. The highest BCUT2D eigenvalue weighted by Crippen LogP contribution is 2.34. The molecule has 0 saturated carbocycles. The lowest BCUT2D eigenvalue weighted by molar-refractivity contribution is 1.27. The maximum absolute atomic E-state index is 9.15. The molecule has 5 aromatic rings. The third-order valence-electron chi connectivity index (χ3n) is 4.29. The van der Waals surface area contributed by atoms with Gasteiger partial charge in [0.1, 0.15) is 5.65 Å². The van der Waals surface area contributed by atoms with Crippen LogP contribution in [0.5, 0.6) is 0 Å². The third-order valence-corrected chi connectivity index (χ3v) is 4.29. The second-order valence-electron chi connectivity index (χ2n) is 5.80. The maximum atomic E-state index is 9.15. The number of nitrogens with zero attached hydrogens (tertiary/aromatic N) is 2. The van der Waals surface area contributed by atoms with E-state index in [1.807, 2.05) is 0 Å². The second-order valence-corrected chi connectivity index (χ2v) is 5.80. The Hall–Kier alpha value is -3.13. The molecule has 5 rings (SSSR count). The van der Waals surface area contributed by atoms with Gasteiger partial charge in [-0.2, -0.15) is 0 Å². The van der Waals surface area contributed by atoms with E-state index in [1.54, 1.807) is 13.8 Å². The van der Waals surface area contributed by atoms with Crippen LogP contribution >= 0.6 is 0 Å². The number of aromatic nitrogens is 2. The molecule has 0 amide bonds. The van der Waals surface area contributed by atoms with Gasteiger partial charge in [-0.15, -0.1) is 0 Å². The van der Waals surface area contributed by atoms with Crippen LogP contribution in [-0.4, -0.2) is 9.38 Å². The van der Waals surface area contributed by atoms with Crippen LogP contribution in [0.15, 0.2) is 72.8 Å². The molecular formula is C23H18N2. The molecule has 0 atom stereocenters. The minimum Gasteiger partial charge on any atom is -0.299 e. The molecule has 0 spiro atoms. The summed E-state index contributed by atoms with van der Waals surface area (Å²) in [6.07, 6.45) is -0.813. The molecule has 25 heavy (non-hydrogen) atoms. The summed E-state index contributed by atoms with van der Waals surface area (Å²) in [5.74, 6) is 0. The number of hydrogen-bond acceptors (Lipinski definition) is 1. The monoisotopic (exact) mass is 333 g/mol. The van der Waals surface area contributed by atoms with Crippen molar-refractivity contribution in [3.8, 4) is 11.1 Å². The van der Waals surface area contributed by atoms with Gasteiger partial charge in [-0.3, -0.25) is 4.40 Å². The lowest BCUT2D eigenvalue weighted by Crippen LogP contribution is -1.92. The van der Waals surface area contributed by atoms with Crippen LogP contribution in [0.2, 0.25) is 0 Å². The van der Waals surface area contributed by atoms with E-state index in [0.717, 1.165) is 4.40 Å². The van der Waals surface area contributed by atoms with E-state index in [4.69, 9.17) is 15.1 Å². The SMILES string of the molecule is [2H]c1cc2c(c([2H])c1[2H])c1c([2H])c(-c3c(C)c([2H])c([2H])c([2H])c3C)c([2H])c([2H])c1n1c([2H])c([2H])nc21. The largest absolute Gasteiger partial charge is 0.299 e. The molecule has 0 N–H and O–H groups in total. The van der Waals surface area contributed by atoms with Crippen molar-refractivity contribution in [1.82, 2.24) is 9.38 Å². The molecule has 0 radical (unpaired) electrons. The molecule has 2 heterocycles. The Morgan fingerprint density at radius 2 is 1.72 bits per heavy atom. The van der Waals surface area contributed by atoms with Crippen molar-refractivity contribution >= 4 is 27.3 Å². The Bertz CT molecular complexity index is 1790. The fourth-order valence-corrected chi connectivity index (χ4v) is 3.17. The molecule has 2 nitrogen and oxygen atoms in total. The quantitative estimate of drug-likeness (QED) is 0.348. The highest BCUT2D eigenvalue weighted by molar-refractivity contribution is 6.12. The number of rotatable bonds is 1. The second kappa shape index (κ2) is 5.18. The van der Waals surface area contributed by atoms with Crippen LogP contribution < -0.4 is 0 Å². The lowest BCUT2D eigenvalue weighted by Gasteiger charge is -2.13. The van der Waals surface area contributed by atoms with Crippen LogP contribution in [-0.2, 0) is 0 Å². The molecule has 0 saturated heterocycles. The van der Waals surface area contributed by atoms with E-state index >= 15 is 0 Å². The highest BCUT2D eigenvalue weighted by Gasteiger charge is 2.11. The van der Waals surface area contributed by atoms with Crippen molar-refractivity contribution in [3.63, 3.8) is 0 Å². The molecule has 0 aliphatic heterocycles. The van der Waals surface area contributed by atoms with E-state index in [0.29, 0.717) is 0 Å². The fourth-order valence-electron chi connectivity index (χ4n) is 3.17. The molecule has 2 aromatic heterocycles. The Labute approximate surface area is 161 Å². The average molecular weight is 333 g/mol. The zero-order chi connectivity index (χ0) is 26.5. The predicted octanol–water partition coefficient (Wildman–Crippen LogP) is 5.92. The lowest BCUT2D eigenvalue weighted by atomic mass is 9.94. The first-order chi connectivity index (χ1) is 16.8. The summed E-state index contributed by atoms with van der Waals surface area (Å²) >= 11 is 0. The Kier molecular flexibility index (Phi) is 1.45. The van der Waals surface area contributed by atoms with Crippen LogP contribution in [0, 0.1) is 13.8 Å². The smallest absolute Gasteiger partial charge is 0.145 e. The summed E-state index contributed by atoms with van der Waals surface area (Å²) in [6.45, 7) is 3.09. The molecular weight excluding hydrogens is 304 g/mol. The number of fused-ring (bicyclic) bond motifs is 6.